The van der Waals surface area contributed by atoms with Crippen molar-refractivity contribution >= 4 is 0 Å². The Morgan fingerprint density at radius 3 is 3.36 bits per heavy atom. The highest BCUT2D eigenvalue weighted by atomic mass is 16.5. The second-order valence-corrected chi connectivity index (χ2v) is 3.77. The lowest BCUT2D eigenvalue weighted by Gasteiger charge is -2.32. The van der Waals surface area contributed by atoms with Crippen molar-refractivity contribution in [3.8, 4) is 0 Å². The van der Waals surface area contributed by atoms with Crippen LogP contribution in [0.3, 0.4) is 0 Å². The zero-order valence-electron chi connectivity index (χ0n) is 8.57. The van der Waals surface area contributed by atoms with Gasteiger partial charge in [0.25, 0.3) is 0 Å². The maximum Gasteiger partial charge on any atom is 0.150 e. The van der Waals surface area contributed by atoms with E-state index in [9.17, 15) is 0 Å². The third-order valence-corrected chi connectivity index (χ3v) is 2.70. The first-order chi connectivity index (χ1) is 6.88. The van der Waals surface area contributed by atoms with E-state index in [4.69, 9.17) is 4.52 Å². The first kappa shape index (κ1) is 9.68. The summed E-state index contributed by atoms with van der Waals surface area (Å²) in [5.74, 6) is 0.960. The van der Waals surface area contributed by atoms with Crippen LogP contribution in [0.5, 0.6) is 0 Å². The summed E-state index contributed by atoms with van der Waals surface area (Å²) in [5.41, 5.74) is 0. The van der Waals surface area contributed by atoms with Crippen molar-refractivity contribution in [3.63, 3.8) is 0 Å². The molecule has 1 aliphatic rings. The minimum atomic E-state index is 0.631. The first-order valence-corrected chi connectivity index (χ1v) is 5.23. The number of rotatable bonds is 3. The molecule has 4 nitrogen and oxygen atoms in total. The lowest BCUT2D eigenvalue weighted by Crippen LogP contribution is -2.49. The first-order valence-electron chi connectivity index (χ1n) is 5.23. The molecule has 0 saturated carbocycles. The highest BCUT2D eigenvalue weighted by molar-refractivity contribution is 4.93. The quantitative estimate of drug-likeness (QED) is 0.776. The molecule has 0 bridgehead atoms. The van der Waals surface area contributed by atoms with Gasteiger partial charge in [0.05, 0.1) is 12.7 Å². The predicted molar refractivity (Wildman–Crippen MR) is 53.9 cm³/mol. The van der Waals surface area contributed by atoms with Gasteiger partial charge in [0, 0.05) is 31.7 Å². The van der Waals surface area contributed by atoms with E-state index in [0.717, 1.165) is 31.9 Å². The number of aromatic nitrogens is 1. The van der Waals surface area contributed by atoms with Crippen LogP contribution in [-0.4, -0.2) is 35.7 Å². The molecule has 0 aromatic carbocycles. The molecule has 0 aliphatic carbocycles. The Balaban J connectivity index is 1.86. The van der Waals surface area contributed by atoms with Gasteiger partial charge in [0.1, 0.15) is 0 Å². The van der Waals surface area contributed by atoms with Gasteiger partial charge in [-0.25, -0.2) is 0 Å². The highest BCUT2D eigenvalue weighted by Gasteiger charge is 2.18. The summed E-state index contributed by atoms with van der Waals surface area (Å²) < 4.78 is 5.09. The van der Waals surface area contributed by atoms with Gasteiger partial charge in [0.15, 0.2) is 5.76 Å². The second kappa shape index (κ2) is 4.57. The monoisotopic (exact) mass is 195 g/mol. The van der Waals surface area contributed by atoms with Crippen LogP contribution in [-0.2, 0) is 6.54 Å². The van der Waals surface area contributed by atoms with E-state index in [0.29, 0.717) is 6.04 Å². The van der Waals surface area contributed by atoms with Crippen molar-refractivity contribution < 1.29 is 4.52 Å². The molecule has 2 rings (SSSR count). The van der Waals surface area contributed by atoms with Crippen molar-refractivity contribution in [2.45, 2.75) is 25.9 Å². The lowest BCUT2D eigenvalue weighted by atomic mass is 10.1. The van der Waals surface area contributed by atoms with Gasteiger partial charge < -0.3 is 9.84 Å². The zero-order chi connectivity index (χ0) is 9.80. The normalized spacial score (nSPS) is 23.9. The average molecular weight is 195 g/mol. The molecule has 1 aromatic heterocycles. The molecule has 0 radical (unpaired) electrons. The van der Waals surface area contributed by atoms with Gasteiger partial charge >= 0.3 is 0 Å². The molecule has 1 unspecified atom stereocenters. The van der Waals surface area contributed by atoms with E-state index in [-0.39, 0.29) is 0 Å². The standard InChI is InChI=1S/C10H17N3O/c1-2-9-7-13(6-5-11-9)8-10-3-4-12-14-10/h3-4,9,11H,2,5-8H2,1H3. The van der Waals surface area contributed by atoms with Crippen LogP contribution >= 0.6 is 0 Å². The van der Waals surface area contributed by atoms with E-state index in [1.807, 2.05) is 6.07 Å². The Labute approximate surface area is 84.3 Å². The summed E-state index contributed by atoms with van der Waals surface area (Å²) in [6.07, 6.45) is 2.89. The van der Waals surface area contributed by atoms with Gasteiger partial charge in [0.2, 0.25) is 0 Å². The fourth-order valence-corrected chi connectivity index (χ4v) is 1.86. The van der Waals surface area contributed by atoms with Crippen molar-refractivity contribution in [2.24, 2.45) is 0 Å². The summed E-state index contributed by atoms with van der Waals surface area (Å²) in [6, 6.07) is 2.56. The molecule has 1 saturated heterocycles. The van der Waals surface area contributed by atoms with Crippen molar-refractivity contribution in [1.29, 1.82) is 0 Å². The third kappa shape index (κ3) is 2.33. The smallest absolute Gasteiger partial charge is 0.150 e. The Kier molecular flexibility index (Phi) is 3.16. The number of piperazine rings is 1. The maximum absolute atomic E-state index is 5.09. The summed E-state index contributed by atoms with van der Waals surface area (Å²) in [6.45, 7) is 6.38. The molecule has 78 valence electrons. The predicted octanol–water partition coefficient (Wildman–Crippen LogP) is 0.858. The van der Waals surface area contributed by atoms with Gasteiger partial charge in [-0.1, -0.05) is 12.1 Å². The van der Waals surface area contributed by atoms with Gasteiger partial charge in [-0.3, -0.25) is 4.90 Å². The van der Waals surface area contributed by atoms with Crippen LogP contribution in [0.1, 0.15) is 19.1 Å². The van der Waals surface area contributed by atoms with Crippen LogP contribution in [0.2, 0.25) is 0 Å². The largest absolute Gasteiger partial charge is 0.360 e. The molecule has 4 heteroatoms. The van der Waals surface area contributed by atoms with E-state index < -0.39 is 0 Å². The Hall–Kier alpha value is -0.870. The number of nitrogens with one attached hydrogen (secondary N) is 1. The minimum Gasteiger partial charge on any atom is -0.360 e. The maximum atomic E-state index is 5.09. The molecule has 0 spiro atoms. The molecular formula is C10H17N3O. The highest BCUT2D eigenvalue weighted by Crippen LogP contribution is 2.07. The Morgan fingerprint density at radius 2 is 2.64 bits per heavy atom. The number of nitrogens with zero attached hydrogens (tertiary/aromatic N) is 2. The Morgan fingerprint density at radius 1 is 1.71 bits per heavy atom. The summed E-state index contributed by atoms with van der Waals surface area (Å²) in [4.78, 5) is 2.41. The van der Waals surface area contributed by atoms with Crippen molar-refractivity contribution in [3.05, 3.63) is 18.0 Å². The molecule has 1 aromatic rings. The topological polar surface area (TPSA) is 41.3 Å². The Bertz CT molecular complexity index is 260. The van der Waals surface area contributed by atoms with Crippen LogP contribution < -0.4 is 5.32 Å². The van der Waals surface area contributed by atoms with E-state index in [1.165, 1.54) is 6.42 Å². The summed E-state index contributed by atoms with van der Waals surface area (Å²) >= 11 is 0. The van der Waals surface area contributed by atoms with Crippen molar-refractivity contribution in [1.82, 2.24) is 15.4 Å². The van der Waals surface area contributed by atoms with Crippen LogP contribution in [0.25, 0.3) is 0 Å². The zero-order valence-corrected chi connectivity index (χ0v) is 8.57. The minimum absolute atomic E-state index is 0.631. The molecule has 1 fully saturated rings. The lowest BCUT2D eigenvalue weighted by molar-refractivity contribution is 0.172. The van der Waals surface area contributed by atoms with E-state index >= 15 is 0 Å². The van der Waals surface area contributed by atoms with Gasteiger partial charge in [-0.15, -0.1) is 0 Å². The number of hydrogen-bond acceptors (Lipinski definition) is 4. The molecule has 2 heterocycles. The summed E-state index contributed by atoms with van der Waals surface area (Å²) in [7, 11) is 0. The van der Waals surface area contributed by atoms with Crippen LogP contribution in [0, 0.1) is 0 Å². The average Bonchev–Trinajstić information content (AvgIpc) is 2.71. The molecule has 0 amide bonds. The number of hydrogen-bond donors (Lipinski definition) is 1. The molecular weight excluding hydrogens is 178 g/mol. The SMILES string of the molecule is CCC1CN(Cc2ccno2)CCN1. The molecule has 1 aliphatic heterocycles. The van der Waals surface area contributed by atoms with Gasteiger partial charge in [-0.05, 0) is 6.42 Å². The summed E-state index contributed by atoms with van der Waals surface area (Å²) in [5, 5.41) is 7.20. The van der Waals surface area contributed by atoms with Gasteiger partial charge in [-0.2, -0.15) is 0 Å². The molecule has 1 atom stereocenters. The van der Waals surface area contributed by atoms with Crippen LogP contribution in [0.4, 0.5) is 0 Å². The molecule has 14 heavy (non-hydrogen) atoms. The second-order valence-electron chi connectivity index (χ2n) is 3.77. The fourth-order valence-electron chi connectivity index (χ4n) is 1.86. The van der Waals surface area contributed by atoms with E-state index in [2.05, 4.69) is 22.3 Å². The fraction of sp³-hybridized carbons (Fsp3) is 0.700. The van der Waals surface area contributed by atoms with Crippen molar-refractivity contribution in [2.75, 3.05) is 19.6 Å². The van der Waals surface area contributed by atoms with Crippen LogP contribution in [0.15, 0.2) is 16.8 Å². The third-order valence-electron chi connectivity index (χ3n) is 2.70. The van der Waals surface area contributed by atoms with E-state index in [1.54, 1.807) is 6.20 Å². The molecule has 1 N–H and O–H groups in total.